The third kappa shape index (κ3) is 7.08. The fourth-order valence-corrected chi connectivity index (χ4v) is 5.89. The Bertz CT molecular complexity index is 992. The first-order valence-corrected chi connectivity index (χ1v) is 16.3. The van der Waals surface area contributed by atoms with Crippen molar-refractivity contribution in [1.82, 2.24) is 0 Å². The molecule has 1 N–H and O–H groups in total. The number of aliphatic hydroxyl groups is 1. The van der Waals surface area contributed by atoms with Crippen LogP contribution >= 0.6 is 0 Å². The fourth-order valence-electron chi connectivity index (χ4n) is 4.45. The van der Waals surface area contributed by atoms with Crippen molar-refractivity contribution in [3.05, 3.63) is 120 Å². The molecule has 3 rings (SSSR count). The van der Waals surface area contributed by atoms with Crippen molar-refractivity contribution in [2.24, 2.45) is 5.92 Å². The summed E-state index contributed by atoms with van der Waals surface area (Å²) in [5, 5.41) is 9.85. The third-order valence-electron chi connectivity index (χ3n) is 7.63. The van der Waals surface area contributed by atoms with Gasteiger partial charge in [-0.2, -0.15) is 0 Å². The van der Waals surface area contributed by atoms with E-state index < -0.39 is 13.9 Å². The molecule has 0 aliphatic rings. The summed E-state index contributed by atoms with van der Waals surface area (Å²) in [5.74, 6) is 0.157. The van der Waals surface area contributed by atoms with E-state index in [2.05, 4.69) is 126 Å². The molecule has 0 saturated heterocycles. The minimum atomic E-state index is -1.95. The van der Waals surface area contributed by atoms with Gasteiger partial charge in [-0.1, -0.05) is 131 Å². The number of aliphatic hydroxyl groups excluding tert-OH is 1. The first kappa shape index (κ1) is 29.1. The van der Waals surface area contributed by atoms with Crippen LogP contribution in [0, 0.1) is 5.92 Å². The lowest BCUT2D eigenvalue weighted by Gasteiger charge is -2.40. The Kier molecular flexibility index (Phi) is 10.1. The second kappa shape index (κ2) is 12.8. The van der Waals surface area contributed by atoms with Gasteiger partial charge in [-0.25, -0.2) is 0 Å². The largest absolute Gasteiger partial charge is 0.413 e. The van der Waals surface area contributed by atoms with Gasteiger partial charge in [-0.3, -0.25) is 0 Å². The number of benzene rings is 3. The van der Waals surface area contributed by atoms with Crippen LogP contribution in [-0.2, 0) is 14.8 Å². The van der Waals surface area contributed by atoms with Crippen LogP contribution in [0.5, 0.6) is 0 Å². The van der Waals surface area contributed by atoms with Gasteiger partial charge in [0, 0.05) is 6.61 Å². The van der Waals surface area contributed by atoms with Crippen LogP contribution in [0.15, 0.2) is 103 Å². The lowest BCUT2D eigenvalue weighted by atomic mass is 9.80. The molecule has 0 unspecified atom stereocenters. The number of ether oxygens (including phenoxy) is 1. The molecule has 0 aliphatic heterocycles. The summed E-state index contributed by atoms with van der Waals surface area (Å²) in [6, 6.07) is 31.3. The maximum absolute atomic E-state index is 9.73. The van der Waals surface area contributed by atoms with Crippen molar-refractivity contribution >= 4 is 8.32 Å². The highest BCUT2D eigenvalue weighted by molar-refractivity contribution is 6.74. The van der Waals surface area contributed by atoms with Crippen LogP contribution in [0.2, 0.25) is 18.1 Å². The van der Waals surface area contributed by atoms with Crippen LogP contribution in [0.3, 0.4) is 0 Å². The van der Waals surface area contributed by atoms with E-state index in [0.29, 0.717) is 13.0 Å². The topological polar surface area (TPSA) is 38.7 Å². The van der Waals surface area contributed by atoms with Crippen LogP contribution in [-0.4, -0.2) is 32.7 Å². The van der Waals surface area contributed by atoms with E-state index in [4.69, 9.17) is 9.16 Å². The second-order valence-electron chi connectivity index (χ2n) is 11.3. The molecule has 0 heterocycles. The van der Waals surface area contributed by atoms with Crippen LogP contribution in [0.1, 0.15) is 50.8 Å². The van der Waals surface area contributed by atoms with E-state index in [9.17, 15) is 5.11 Å². The second-order valence-corrected chi connectivity index (χ2v) is 16.1. The van der Waals surface area contributed by atoms with Crippen molar-refractivity contribution in [2.75, 3.05) is 13.2 Å². The highest BCUT2D eigenvalue weighted by Crippen LogP contribution is 2.41. The van der Waals surface area contributed by atoms with Crippen molar-refractivity contribution < 1.29 is 14.3 Å². The average Bonchev–Trinajstić information content (AvgIpc) is 2.89. The molecular formula is C33H44O3Si. The van der Waals surface area contributed by atoms with Crippen molar-refractivity contribution in [1.29, 1.82) is 0 Å². The van der Waals surface area contributed by atoms with Gasteiger partial charge in [0.15, 0.2) is 8.32 Å². The Balaban J connectivity index is 1.89. The summed E-state index contributed by atoms with van der Waals surface area (Å²) in [7, 11) is -1.95. The predicted octanol–water partition coefficient (Wildman–Crippen LogP) is 7.96. The standard InChI is InChI=1S/C33H44O3Si/c1-27(31(24-25-34)36-37(5,6)32(2,3)4)17-16-26-35-33(28-18-10-7-11-19-28,29-20-12-8-13-21-29)30-22-14-9-15-23-30/h7-23,27,31,34H,24-26H2,1-6H3/t27-,31+/m1/s1. The Labute approximate surface area is 225 Å². The van der Waals surface area contributed by atoms with Gasteiger partial charge < -0.3 is 14.3 Å². The number of hydrogen-bond donors (Lipinski definition) is 1. The maximum Gasteiger partial charge on any atom is 0.192 e. The molecule has 3 aromatic carbocycles. The zero-order valence-corrected chi connectivity index (χ0v) is 24.4. The van der Waals surface area contributed by atoms with E-state index in [0.717, 1.165) is 16.7 Å². The summed E-state index contributed by atoms with van der Waals surface area (Å²) < 4.78 is 13.6. The van der Waals surface area contributed by atoms with Crippen LogP contribution < -0.4 is 0 Å². The quantitative estimate of drug-likeness (QED) is 0.151. The summed E-state index contributed by atoms with van der Waals surface area (Å²) in [5.41, 5.74) is 2.54. The van der Waals surface area contributed by atoms with Crippen LogP contribution in [0.4, 0.5) is 0 Å². The van der Waals surface area contributed by atoms with Crippen molar-refractivity contribution in [3.63, 3.8) is 0 Å². The fraction of sp³-hybridized carbons (Fsp3) is 0.394. The van der Waals surface area contributed by atoms with E-state index in [1.54, 1.807) is 0 Å². The van der Waals surface area contributed by atoms with Crippen molar-refractivity contribution in [3.8, 4) is 0 Å². The zero-order chi connectivity index (χ0) is 26.9. The van der Waals surface area contributed by atoms with Crippen LogP contribution in [0.25, 0.3) is 0 Å². The first-order chi connectivity index (χ1) is 17.6. The molecule has 3 aromatic rings. The van der Waals surface area contributed by atoms with E-state index in [1.165, 1.54) is 0 Å². The first-order valence-electron chi connectivity index (χ1n) is 13.4. The Morgan fingerprint density at radius 2 is 1.22 bits per heavy atom. The summed E-state index contributed by atoms with van der Waals surface area (Å²) in [6.45, 7) is 14.0. The minimum Gasteiger partial charge on any atom is -0.413 e. The molecule has 4 heteroatoms. The Morgan fingerprint density at radius 3 is 1.59 bits per heavy atom. The van der Waals surface area contributed by atoms with E-state index in [-0.39, 0.29) is 23.7 Å². The predicted molar refractivity (Wildman–Crippen MR) is 157 cm³/mol. The van der Waals surface area contributed by atoms with Gasteiger partial charge in [0.1, 0.15) is 5.60 Å². The van der Waals surface area contributed by atoms with E-state index >= 15 is 0 Å². The molecule has 37 heavy (non-hydrogen) atoms. The molecule has 0 saturated carbocycles. The molecule has 0 aliphatic carbocycles. The summed E-state index contributed by atoms with van der Waals surface area (Å²) in [6.07, 6.45) is 4.89. The Morgan fingerprint density at radius 1 is 0.784 bits per heavy atom. The van der Waals surface area contributed by atoms with Gasteiger partial charge in [-0.05, 0) is 47.2 Å². The lowest BCUT2D eigenvalue weighted by Crippen LogP contribution is -2.45. The van der Waals surface area contributed by atoms with E-state index in [1.807, 2.05) is 18.2 Å². The molecule has 0 aromatic heterocycles. The molecule has 0 radical (unpaired) electrons. The SMILES string of the molecule is C[C@H](C=CCOC(c1ccccc1)(c1ccccc1)c1ccccc1)[C@H](CCO)O[Si](C)(C)C(C)(C)C. The maximum atomic E-state index is 9.73. The van der Waals surface area contributed by atoms with Gasteiger partial charge in [0.25, 0.3) is 0 Å². The molecule has 0 amide bonds. The number of hydrogen-bond acceptors (Lipinski definition) is 3. The molecule has 3 nitrogen and oxygen atoms in total. The highest BCUT2D eigenvalue weighted by Gasteiger charge is 2.40. The van der Waals surface area contributed by atoms with Gasteiger partial charge in [0.2, 0.25) is 0 Å². The van der Waals surface area contributed by atoms with Gasteiger partial charge in [0.05, 0.1) is 12.7 Å². The molecular weight excluding hydrogens is 472 g/mol. The molecule has 2 atom stereocenters. The highest BCUT2D eigenvalue weighted by atomic mass is 28.4. The molecule has 198 valence electrons. The average molecular weight is 517 g/mol. The smallest absolute Gasteiger partial charge is 0.192 e. The van der Waals surface area contributed by atoms with Crippen molar-refractivity contribution in [2.45, 2.75) is 64.0 Å². The lowest BCUT2D eigenvalue weighted by molar-refractivity contribution is 0.0315. The molecule has 0 spiro atoms. The normalized spacial score (nSPS) is 14.6. The van der Waals surface area contributed by atoms with Gasteiger partial charge in [-0.15, -0.1) is 0 Å². The number of rotatable bonds is 12. The molecule has 0 fully saturated rings. The zero-order valence-electron chi connectivity index (χ0n) is 23.4. The summed E-state index contributed by atoms with van der Waals surface area (Å²) in [4.78, 5) is 0. The molecule has 0 bridgehead atoms. The minimum absolute atomic E-state index is 0.0238. The van der Waals surface area contributed by atoms with Gasteiger partial charge >= 0.3 is 0 Å². The summed E-state index contributed by atoms with van der Waals surface area (Å²) >= 11 is 0. The third-order valence-corrected chi connectivity index (χ3v) is 12.1. The Hall–Kier alpha value is -2.50. The monoisotopic (exact) mass is 516 g/mol.